The van der Waals surface area contributed by atoms with Gasteiger partial charge in [0.25, 0.3) is 11.1 Å². The smallest absolute Gasteiger partial charge is 0.261 e. The Labute approximate surface area is 198 Å². The third-order valence-corrected chi connectivity index (χ3v) is 7.59. The van der Waals surface area contributed by atoms with Crippen LogP contribution in [0.2, 0.25) is 0 Å². The molecule has 33 heavy (non-hydrogen) atoms. The predicted octanol–water partition coefficient (Wildman–Crippen LogP) is 3.37. The van der Waals surface area contributed by atoms with Crippen molar-refractivity contribution in [1.82, 2.24) is 19.5 Å². The molecule has 1 aromatic carbocycles. The van der Waals surface area contributed by atoms with Gasteiger partial charge in [0.1, 0.15) is 17.2 Å². The molecule has 4 aromatic rings. The van der Waals surface area contributed by atoms with E-state index < -0.39 is 5.91 Å². The Morgan fingerprint density at radius 1 is 1.27 bits per heavy atom. The van der Waals surface area contributed by atoms with Crippen LogP contribution in [0.3, 0.4) is 0 Å². The van der Waals surface area contributed by atoms with Gasteiger partial charge in [-0.2, -0.15) is 0 Å². The van der Waals surface area contributed by atoms with Gasteiger partial charge in [-0.25, -0.2) is 9.97 Å². The Morgan fingerprint density at radius 2 is 2.03 bits per heavy atom. The molecule has 3 N–H and O–H groups in total. The van der Waals surface area contributed by atoms with E-state index in [4.69, 9.17) is 5.73 Å². The summed E-state index contributed by atoms with van der Waals surface area (Å²) < 4.78 is 1.29. The maximum atomic E-state index is 12.9. The first kappa shape index (κ1) is 23.2. The second-order valence-corrected chi connectivity index (χ2v) is 10.3. The number of benzene rings is 1. The van der Waals surface area contributed by atoms with Crippen LogP contribution in [0.25, 0.3) is 21.1 Å². The van der Waals surface area contributed by atoms with Crippen LogP contribution in [0.4, 0.5) is 0 Å². The van der Waals surface area contributed by atoms with Gasteiger partial charge in [0.2, 0.25) is 5.91 Å². The Bertz CT molecular complexity index is 1470. The zero-order valence-electron chi connectivity index (χ0n) is 18.7. The van der Waals surface area contributed by atoms with Crippen molar-refractivity contribution in [2.75, 3.05) is 0 Å². The molecule has 0 aliphatic heterocycles. The summed E-state index contributed by atoms with van der Waals surface area (Å²) in [5.74, 6) is 0.489. The molecule has 0 saturated heterocycles. The average molecular weight is 484 g/mol. The number of hydrogen-bond donors (Lipinski definition) is 2. The van der Waals surface area contributed by atoms with Crippen molar-refractivity contribution in [2.45, 2.75) is 51.1 Å². The van der Waals surface area contributed by atoms with E-state index in [9.17, 15) is 14.4 Å². The molecule has 172 valence electrons. The summed E-state index contributed by atoms with van der Waals surface area (Å²) in [4.78, 5) is 51.3. The highest BCUT2D eigenvalue weighted by Gasteiger charge is 2.18. The highest BCUT2D eigenvalue weighted by atomic mass is 32.2. The van der Waals surface area contributed by atoms with Crippen LogP contribution in [0, 0.1) is 12.8 Å². The molecule has 1 amide bonds. The molecule has 0 saturated carbocycles. The van der Waals surface area contributed by atoms with E-state index in [0.717, 1.165) is 23.3 Å². The fourth-order valence-electron chi connectivity index (χ4n) is 3.74. The number of H-pyrrole nitrogens is 1. The number of carbonyl (C=O) groups is 1. The first-order valence-electron chi connectivity index (χ1n) is 10.7. The van der Waals surface area contributed by atoms with Gasteiger partial charge in [0.05, 0.1) is 22.0 Å². The molecular weight excluding hydrogens is 458 g/mol. The van der Waals surface area contributed by atoms with E-state index in [2.05, 4.69) is 28.8 Å². The molecule has 1 atom stereocenters. The summed E-state index contributed by atoms with van der Waals surface area (Å²) in [6.45, 7) is 6.08. The van der Waals surface area contributed by atoms with Crippen LogP contribution < -0.4 is 16.9 Å². The number of para-hydroxylation sites is 1. The number of hydrogen-bond acceptors (Lipinski definition) is 7. The average Bonchev–Trinajstić information content (AvgIpc) is 3.09. The number of fused-ring (bicyclic) bond motifs is 2. The molecule has 0 aliphatic carbocycles. The number of carbonyl (C=O) groups excluding carboxylic acids is 1. The maximum absolute atomic E-state index is 12.9. The lowest BCUT2D eigenvalue weighted by atomic mass is 9.98. The molecular formula is C23H25N5O3S2. The minimum Gasteiger partial charge on any atom is -0.368 e. The van der Waals surface area contributed by atoms with E-state index >= 15 is 0 Å². The summed E-state index contributed by atoms with van der Waals surface area (Å²) in [5.41, 5.74) is 6.49. The number of thioether (sulfide) groups is 1. The number of thiophene rings is 1. The molecule has 0 fully saturated rings. The number of aromatic nitrogens is 4. The van der Waals surface area contributed by atoms with Crippen molar-refractivity contribution in [2.24, 2.45) is 11.7 Å². The Hall–Kier alpha value is -2.98. The molecule has 8 nitrogen and oxygen atoms in total. The first-order chi connectivity index (χ1) is 15.8. The highest BCUT2D eigenvalue weighted by Crippen LogP contribution is 2.31. The van der Waals surface area contributed by atoms with Gasteiger partial charge in [0.15, 0.2) is 5.16 Å². The van der Waals surface area contributed by atoms with E-state index in [1.807, 2.05) is 6.92 Å². The zero-order valence-corrected chi connectivity index (χ0v) is 20.3. The molecule has 4 rings (SSSR count). The minimum atomic E-state index is -0.628. The number of nitrogens with zero attached hydrogens (tertiary/aromatic N) is 3. The van der Waals surface area contributed by atoms with E-state index in [1.165, 1.54) is 27.7 Å². The largest absolute Gasteiger partial charge is 0.368 e. The number of rotatable bonds is 8. The van der Waals surface area contributed by atoms with Gasteiger partial charge in [-0.05, 0) is 37.0 Å². The lowest BCUT2D eigenvalue weighted by Gasteiger charge is -2.12. The molecule has 1 unspecified atom stereocenters. The zero-order chi connectivity index (χ0) is 23.7. The lowest BCUT2D eigenvalue weighted by Crippen LogP contribution is -2.31. The third kappa shape index (κ3) is 4.72. The predicted molar refractivity (Wildman–Crippen MR) is 133 cm³/mol. The van der Waals surface area contributed by atoms with E-state index in [1.54, 1.807) is 24.3 Å². The Kier molecular flexibility index (Phi) is 6.66. The van der Waals surface area contributed by atoms with Crippen LogP contribution in [0.5, 0.6) is 0 Å². The van der Waals surface area contributed by atoms with Gasteiger partial charge in [-0.3, -0.25) is 19.0 Å². The van der Waals surface area contributed by atoms with E-state index in [-0.39, 0.29) is 23.4 Å². The normalized spacial score (nSPS) is 12.5. The van der Waals surface area contributed by atoms with Gasteiger partial charge in [-0.1, -0.05) is 44.2 Å². The second kappa shape index (κ2) is 9.48. The number of aromatic amines is 1. The van der Waals surface area contributed by atoms with Crippen molar-refractivity contribution in [3.05, 3.63) is 61.2 Å². The van der Waals surface area contributed by atoms with Gasteiger partial charge in [0, 0.05) is 4.88 Å². The quantitative estimate of drug-likeness (QED) is 0.293. The highest BCUT2D eigenvalue weighted by molar-refractivity contribution is 7.98. The summed E-state index contributed by atoms with van der Waals surface area (Å²) in [7, 11) is 0. The summed E-state index contributed by atoms with van der Waals surface area (Å²) in [6.07, 6.45) is 1.89. The summed E-state index contributed by atoms with van der Waals surface area (Å²) in [5, 5.41) is 1.52. The summed E-state index contributed by atoms with van der Waals surface area (Å²) in [6, 6.07) is 6.96. The van der Waals surface area contributed by atoms with Crippen LogP contribution in [0.15, 0.2) is 39.0 Å². The molecule has 3 aromatic heterocycles. The fraction of sp³-hybridized carbons (Fsp3) is 0.348. The van der Waals surface area contributed by atoms with E-state index in [0.29, 0.717) is 38.0 Å². The minimum absolute atomic E-state index is 0.161. The standard InChI is InChI=1S/C23H25N5O3S2/c1-4-12(2)9-15-13(3)33-21-19(15)20(30)26-23(27-21)32-11-18-25-16-8-6-5-7-14(16)22(31)28(18)10-17(24)29/h5-8,12H,4,9-11H2,1-3H3,(H2,24,29)(H,26,27,30). The van der Waals surface area contributed by atoms with Crippen LogP contribution in [-0.4, -0.2) is 25.4 Å². The Morgan fingerprint density at radius 3 is 2.76 bits per heavy atom. The van der Waals surface area contributed by atoms with Crippen molar-refractivity contribution in [1.29, 1.82) is 0 Å². The summed E-state index contributed by atoms with van der Waals surface area (Å²) >= 11 is 2.78. The van der Waals surface area contributed by atoms with Crippen molar-refractivity contribution in [3.8, 4) is 0 Å². The molecule has 0 radical (unpaired) electrons. The number of nitrogens with one attached hydrogen (secondary N) is 1. The SMILES string of the molecule is CCC(C)Cc1c(C)sc2nc(SCc3nc4ccccc4c(=O)n3CC(N)=O)[nH]c(=O)c12. The number of primary amides is 1. The van der Waals surface area contributed by atoms with Crippen LogP contribution in [0.1, 0.15) is 36.5 Å². The first-order valence-corrected chi connectivity index (χ1v) is 12.5. The van der Waals surface area contributed by atoms with Gasteiger partial charge >= 0.3 is 0 Å². The molecule has 0 bridgehead atoms. The number of amides is 1. The fourth-order valence-corrected chi connectivity index (χ4v) is 5.66. The second-order valence-electron chi connectivity index (χ2n) is 8.10. The third-order valence-electron chi connectivity index (χ3n) is 5.68. The number of aryl methyl sites for hydroxylation is 1. The monoisotopic (exact) mass is 483 g/mol. The van der Waals surface area contributed by atoms with Crippen molar-refractivity contribution in [3.63, 3.8) is 0 Å². The van der Waals surface area contributed by atoms with Crippen LogP contribution >= 0.6 is 23.1 Å². The van der Waals surface area contributed by atoms with Gasteiger partial charge < -0.3 is 10.7 Å². The topological polar surface area (TPSA) is 124 Å². The molecule has 0 spiro atoms. The molecule has 0 aliphatic rings. The van der Waals surface area contributed by atoms with Gasteiger partial charge in [-0.15, -0.1) is 11.3 Å². The Balaban J connectivity index is 1.69. The maximum Gasteiger partial charge on any atom is 0.261 e. The molecule has 10 heteroatoms. The van der Waals surface area contributed by atoms with Crippen molar-refractivity contribution < 1.29 is 4.79 Å². The lowest BCUT2D eigenvalue weighted by molar-refractivity contribution is -0.118. The molecule has 3 heterocycles. The number of nitrogens with two attached hydrogens (primary N) is 1. The van der Waals surface area contributed by atoms with Crippen molar-refractivity contribution >= 4 is 50.1 Å². The van der Waals surface area contributed by atoms with Crippen LogP contribution in [-0.2, 0) is 23.5 Å².